The molecule has 0 saturated carbocycles. The lowest BCUT2D eigenvalue weighted by atomic mass is 10.0. The van der Waals surface area contributed by atoms with Crippen molar-refractivity contribution in [3.05, 3.63) is 29.8 Å². The number of amides is 1. The number of nitriles is 1. The van der Waals surface area contributed by atoms with Crippen LogP contribution in [0.1, 0.15) is 39.2 Å². The molecule has 1 rings (SSSR count). The highest BCUT2D eigenvalue weighted by molar-refractivity contribution is 5.80. The molecule has 1 amide bonds. The molecule has 4 nitrogen and oxygen atoms in total. The Morgan fingerprint density at radius 1 is 1.35 bits per heavy atom. The van der Waals surface area contributed by atoms with Gasteiger partial charge in [-0.1, -0.05) is 38.8 Å². The van der Waals surface area contributed by atoms with E-state index in [1.807, 2.05) is 0 Å². The van der Waals surface area contributed by atoms with Crippen molar-refractivity contribution >= 4 is 5.91 Å². The molecule has 0 spiro atoms. The molecule has 1 aromatic carbocycles. The number of ether oxygens (including phenoxy) is 1. The average Bonchev–Trinajstić information content (AvgIpc) is 2.48. The van der Waals surface area contributed by atoms with Crippen LogP contribution in [0.3, 0.4) is 0 Å². The van der Waals surface area contributed by atoms with Gasteiger partial charge in [0.25, 0.3) is 5.91 Å². The molecule has 1 unspecified atom stereocenters. The summed E-state index contributed by atoms with van der Waals surface area (Å²) < 4.78 is 5.56. The van der Waals surface area contributed by atoms with Crippen LogP contribution in [0.15, 0.2) is 24.3 Å². The van der Waals surface area contributed by atoms with Gasteiger partial charge in [-0.2, -0.15) is 5.26 Å². The van der Waals surface area contributed by atoms with Gasteiger partial charge in [-0.25, -0.2) is 0 Å². The van der Waals surface area contributed by atoms with E-state index in [4.69, 9.17) is 10.00 Å². The molecule has 0 aliphatic rings. The van der Waals surface area contributed by atoms with Gasteiger partial charge in [-0.3, -0.25) is 4.79 Å². The first-order valence-corrected chi connectivity index (χ1v) is 7.05. The fraction of sp³-hybridized carbons (Fsp3) is 0.500. The van der Waals surface area contributed by atoms with Crippen LogP contribution in [0, 0.1) is 17.2 Å². The molecule has 0 fully saturated rings. The van der Waals surface area contributed by atoms with Crippen molar-refractivity contribution in [2.24, 2.45) is 5.92 Å². The third-order valence-electron chi connectivity index (χ3n) is 3.40. The van der Waals surface area contributed by atoms with E-state index in [9.17, 15) is 4.79 Å². The van der Waals surface area contributed by atoms with Gasteiger partial charge in [0.1, 0.15) is 11.8 Å². The topological polar surface area (TPSA) is 62.1 Å². The maximum Gasteiger partial charge on any atom is 0.260 e. The predicted molar refractivity (Wildman–Crippen MR) is 78.3 cm³/mol. The second-order valence-corrected chi connectivity index (χ2v) is 4.80. The highest BCUT2D eigenvalue weighted by Gasteiger charge is 2.16. The van der Waals surface area contributed by atoms with Crippen molar-refractivity contribution < 1.29 is 9.53 Å². The molecule has 0 heterocycles. The van der Waals surface area contributed by atoms with E-state index in [0.717, 1.165) is 12.8 Å². The molecular formula is C16H22N2O2. The summed E-state index contributed by atoms with van der Waals surface area (Å²) in [5, 5.41) is 11.9. The summed E-state index contributed by atoms with van der Waals surface area (Å²) >= 11 is 0. The molecule has 0 aliphatic heterocycles. The normalized spacial score (nSPS) is 11.8. The molecule has 0 bridgehead atoms. The zero-order valence-electron chi connectivity index (χ0n) is 12.3. The lowest BCUT2D eigenvalue weighted by molar-refractivity contribution is -0.127. The van der Waals surface area contributed by atoms with Gasteiger partial charge in [-0.15, -0.1) is 0 Å². The molecule has 0 radical (unpaired) electrons. The Labute approximate surface area is 120 Å². The Morgan fingerprint density at radius 2 is 2.00 bits per heavy atom. The van der Waals surface area contributed by atoms with Crippen molar-refractivity contribution in [2.45, 2.75) is 39.7 Å². The highest BCUT2D eigenvalue weighted by Crippen LogP contribution is 2.18. The maximum atomic E-state index is 12.0. The number of carbonyl (C=O) groups excluding carboxylic acids is 1. The molecule has 0 aliphatic carbocycles. The van der Waals surface area contributed by atoms with Gasteiger partial charge in [-0.05, 0) is 25.0 Å². The molecule has 1 aromatic rings. The second-order valence-electron chi connectivity index (χ2n) is 4.80. The number of benzene rings is 1. The Balaban J connectivity index is 2.56. The third kappa shape index (κ3) is 4.58. The van der Waals surface area contributed by atoms with Gasteiger partial charge in [0, 0.05) is 6.54 Å². The summed E-state index contributed by atoms with van der Waals surface area (Å²) in [5.41, 5.74) is 0.437. The van der Waals surface area contributed by atoms with Gasteiger partial charge in [0.05, 0.1) is 5.56 Å². The molecule has 0 saturated heterocycles. The fourth-order valence-corrected chi connectivity index (χ4v) is 1.87. The molecular weight excluding hydrogens is 252 g/mol. The van der Waals surface area contributed by atoms with Gasteiger partial charge < -0.3 is 10.1 Å². The van der Waals surface area contributed by atoms with Crippen LogP contribution in [0.25, 0.3) is 0 Å². The fourth-order valence-electron chi connectivity index (χ4n) is 1.87. The average molecular weight is 274 g/mol. The maximum absolute atomic E-state index is 12.0. The minimum Gasteiger partial charge on any atom is -0.480 e. The SMILES string of the molecule is CCC(CC)CNC(=O)C(C)Oc1ccccc1C#N. The van der Waals surface area contributed by atoms with Crippen LogP contribution in [0.4, 0.5) is 0 Å². The van der Waals surface area contributed by atoms with Crippen LogP contribution >= 0.6 is 0 Å². The van der Waals surface area contributed by atoms with E-state index < -0.39 is 6.10 Å². The van der Waals surface area contributed by atoms with E-state index in [1.165, 1.54) is 0 Å². The van der Waals surface area contributed by atoms with Crippen LogP contribution in [0.5, 0.6) is 5.75 Å². The summed E-state index contributed by atoms with van der Waals surface area (Å²) in [6.45, 7) is 6.59. The number of para-hydroxylation sites is 1. The first-order valence-electron chi connectivity index (χ1n) is 7.05. The second kappa shape index (κ2) is 8.21. The summed E-state index contributed by atoms with van der Waals surface area (Å²) in [7, 11) is 0. The summed E-state index contributed by atoms with van der Waals surface area (Å²) in [4.78, 5) is 12.0. The molecule has 108 valence electrons. The van der Waals surface area contributed by atoms with Crippen LogP contribution < -0.4 is 10.1 Å². The Bertz CT molecular complexity index is 476. The molecule has 1 N–H and O–H groups in total. The number of carbonyl (C=O) groups is 1. The standard InChI is InChI=1S/C16H22N2O2/c1-4-13(5-2)11-18-16(19)12(3)20-15-9-7-6-8-14(15)10-17/h6-9,12-13H,4-5,11H2,1-3H3,(H,18,19). The zero-order chi connectivity index (χ0) is 15.0. The summed E-state index contributed by atoms with van der Waals surface area (Å²) in [6, 6.07) is 8.97. The lowest BCUT2D eigenvalue weighted by Gasteiger charge is -2.18. The number of nitrogens with one attached hydrogen (secondary N) is 1. The summed E-state index contributed by atoms with van der Waals surface area (Å²) in [5.74, 6) is 0.794. The minimum atomic E-state index is -0.612. The van der Waals surface area contributed by atoms with E-state index in [2.05, 4.69) is 25.2 Å². The number of hydrogen-bond acceptors (Lipinski definition) is 3. The van der Waals surface area contributed by atoms with Crippen molar-refractivity contribution in [3.63, 3.8) is 0 Å². The van der Waals surface area contributed by atoms with Crippen LogP contribution in [0.2, 0.25) is 0 Å². The molecule has 4 heteroatoms. The van der Waals surface area contributed by atoms with E-state index in [-0.39, 0.29) is 5.91 Å². The molecule has 1 atom stereocenters. The van der Waals surface area contributed by atoms with Gasteiger partial charge >= 0.3 is 0 Å². The van der Waals surface area contributed by atoms with E-state index in [0.29, 0.717) is 23.8 Å². The quantitative estimate of drug-likeness (QED) is 0.831. The molecule has 20 heavy (non-hydrogen) atoms. The lowest BCUT2D eigenvalue weighted by Crippen LogP contribution is -2.38. The first kappa shape index (κ1) is 16.0. The minimum absolute atomic E-state index is 0.148. The van der Waals surface area contributed by atoms with Crippen LogP contribution in [-0.2, 0) is 4.79 Å². The summed E-state index contributed by atoms with van der Waals surface area (Å²) in [6.07, 6.45) is 1.48. The predicted octanol–water partition coefficient (Wildman–Crippen LogP) is 2.88. The Morgan fingerprint density at radius 3 is 2.60 bits per heavy atom. The first-order chi connectivity index (χ1) is 9.62. The number of rotatable bonds is 7. The molecule has 0 aromatic heterocycles. The monoisotopic (exact) mass is 274 g/mol. The van der Waals surface area contributed by atoms with Gasteiger partial charge in [0.2, 0.25) is 0 Å². The van der Waals surface area contributed by atoms with E-state index >= 15 is 0 Å². The Hall–Kier alpha value is -2.02. The van der Waals surface area contributed by atoms with Crippen LogP contribution in [-0.4, -0.2) is 18.6 Å². The van der Waals surface area contributed by atoms with Crippen molar-refractivity contribution in [1.82, 2.24) is 5.32 Å². The number of hydrogen-bond donors (Lipinski definition) is 1. The number of nitrogens with zero attached hydrogens (tertiary/aromatic N) is 1. The smallest absolute Gasteiger partial charge is 0.260 e. The third-order valence-corrected chi connectivity index (χ3v) is 3.40. The van der Waals surface area contributed by atoms with Gasteiger partial charge in [0.15, 0.2) is 6.10 Å². The Kier molecular flexibility index (Phi) is 6.58. The largest absolute Gasteiger partial charge is 0.480 e. The van der Waals surface area contributed by atoms with Crippen molar-refractivity contribution in [3.8, 4) is 11.8 Å². The highest BCUT2D eigenvalue weighted by atomic mass is 16.5. The zero-order valence-corrected chi connectivity index (χ0v) is 12.3. The van der Waals surface area contributed by atoms with E-state index in [1.54, 1.807) is 31.2 Å². The van der Waals surface area contributed by atoms with Crippen molar-refractivity contribution in [1.29, 1.82) is 5.26 Å². The van der Waals surface area contributed by atoms with Crippen molar-refractivity contribution in [2.75, 3.05) is 6.54 Å².